The van der Waals surface area contributed by atoms with Gasteiger partial charge in [0.15, 0.2) is 29.3 Å². The lowest BCUT2D eigenvalue weighted by atomic mass is 9.65. The second-order valence-electron chi connectivity index (χ2n) is 10.5. The minimum Gasteiger partial charge on any atom is -0.504 e. The summed E-state index contributed by atoms with van der Waals surface area (Å²) in [5, 5.41) is 70.7. The molecule has 1 aliphatic carbocycles. The van der Waals surface area contributed by atoms with E-state index in [0.29, 0.717) is 12.0 Å². The zero-order valence-corrected chi connectivity index (χ0v) is 21.5. The van der Waals surface area contributed by atoms with E-state index >= 15 is 0 Å². The predicted molar refractivity (Wildman–Crippen MR) is 129 cm³/mol. The molecule has 38 heavy (non-hydrogen) atoms. The van der Waals surface area contributed by atoms with Gasteiger partial charge < -0.3 is 50.0 Å². The van der Waals surface area contributed by atoms with Crippen LogP contribution in [0.5, 0.6) is 17.2 Å². The molecular weight excluding hydrogens is 504 g/mol. The molecule has 2 aliphatic rings. The second-order valence-corrected chi connectivity index (χ2v) is 10.5. The number of phenolic OH excluding ortho intramolecular Hbond substituents is 3. The molecule has 3 rings (SSSR count). The summed E-state index contributed by atoms with van der Waals surface area (Å²) in [4.78, 5) is 24.0. The van der Waals surface area contributed by atoms with E-state index in [1.165, 1.54) is 13.0 Å². The summed E-state index contributed by atoms with van der Waals surface area (Å²) in [6.07, 6.45) is -7.22. The van der Waals surface area contributed by atoms with E-state index < -0.39 is 77.7 Å². The number of carbonyl (C=O) groups excluding carboxylic acids is 2. The van der Waals surface area contributed by atoms with Crippen molar-refractivity contribution < 1.29 is 59.5 Å². The molecule has 0 amide bonds. The summed E-state index contributed by atoms with van der Waals surface area (Å²) in [6.45, 7) is 6.04. The van der Waals surface area contributed by atoms with E-state index in [1.54, 1.807) is 6.92 Å². The van der Waals surface area contributed by atoms with Gasteiger partial charge in [-0.2, -0.15) is 0 Å². The third-order valence-corrected chi connectivity index (χ3v) is 6.73. The number of carbonyl (C=O) groups is 2. The highest BCUT2D eigenvalue weighted by Crippen LogP contribution is 2.48. The Morgan fingerprint density at radius 1 is 1.03 bits per heavy atom. The Morgan fingerprint density at radius 2 is 1.63 bits per heavy atom. The summed E-state index contributed by atoms with van der Waals surface area (Å²) >= 11 is 0. The van der Waals surface area contributed by atoms with E-state index in [9.17, 15) is 45.3 Å². The molecule has 0 radical (unpaired) electrons. The lowest BCUT2D eigenvalue weighted by Gasteiger charge is -2.49. The zero-order chi connectivity index (χ0) is 28.6. The van der Waals surface area contributed by atoms with E-state index in [4.69, 9.17) is 14.2 Å². The fourth-order valence-corrected chi connectivity index (χ4v) is 5.03. The maximum atomic E-state index is 12.4. The lowest BCUT2D eigenvalue weighted by molar-refractivity contribution is -0.325. The quantitative estimate of drug-likeness (QED) is 0.114. The Bertz CT molecular complexity index is 1110. The number of aromatic hydroxyl groups is 3. The van der Waals surface area contributed by atoms with Gasteiger partial charge in [-0.1, -0.05) is 13.8 Å². The summed E-state index contributed by atoms with van der Waals surface area (Å²) in [6, 6.07) is 1.72. The fourth-order valence-electron chi connectivity index (χ4n) is 5.03. The van der Waals surface area contributed by atoms with Crippen molar-refractivity contribution in [3.05, 3.63) is 35.1 Å². The summed E-state index contributed by atoms with van der Waals surface area (Å²) in [5.74, 6) is -3.64. The van der Waals surface area contributed by atoms with Crippen LogP contribution in [0.4, 0.5) is 0 Å². The summed E-state index contributed by atoms with van der Waals surface area (Å²) < 4.78 is 16.9. The topological polar surface area (TPSA) is 203 Å². The molecule has 12 heteroatoms. The monoisotopic (exact) mass is 538 g/mol. The van der Waals surface area contributed by atoms with Gasteiger partial charge in [-0.15, -0.1) is 5.73 Å². The molecule has 1 heterocycles. The van der Waals surface area contributed by atoms with Gasteiger partial charge >= 0.3 is 5.97 Å². The van der Waals surface area contributed by atoms with Crippen molar-refractivity contribution in [3.63, 3.8) is 0 Å². The molecular formula is C26H34O12. The molecule has 0 bridgehead atoms. The second kappa shape index (κ2) is 11.0. The van der Waals surface area contributed by atoms with Gasteiger partial charge in [0.05, 0.1) is 17.3 Å². The number of aliphatic hydroxyl groups excluding tert-OH is 4. The molecule has 1 aromatic carbocycles. The van der Waals surface area contributed by atoms with Gasteiger partial charge in [-0.25, -0.2) is 4.79 Å². The largest absolute Gasteiger partial charge is 0.504 e. The Balaban J connectivity index is 1.82. The van der Waals surface area contributed by atoms with Crippen LogP contribution in [0.2, 0.25) is 0 Å². The predicted octanol–water partition coefficient (Wildman–Crippen LogP) is 0.394. The van der Waals surface area contributed by atoms with Crippen molar-refractivity contribution in [1.29, 1.82) is 0 Å². The Labute approximate surface area is 219 Å². The summed E-state index contributed by atoms with van der Waals surface area (Å²) in [7, 11) is 0. The van der Waals surface area contributed by atoms with Crippen LogP contribution in [0.25, 0.3) is 0 Å². The van der Waals surface area contributed by atoms with Gasteiger partial charge in [0.1, 0.15) is 31.0 Å². The highest BCUT2D eigenvalue weighted by Gasteiger charge is 2.52. The van der Waals surface area contributed by atoms with Crippen molar-refractivity contribution in [2.75, 3.05) is 6.61 Å². The average molecular weight is 539 g/mol. The first kappa shape index (κ1) is 29.6. The lowest BCUT2D eigenvalue weighted by Crippen LogP contribution is -2.62. The third-order valence-electron chi connectivity index (χ3n) is 6.73. The van der Waals surface area contributed by atoms with Crippen LogP contribution >= 0.6 is 0 Å². The van der Waals surface area contributed by atoms with Crippen molar-refractivity contribution in [1.82, 2.24) is 0 Å². The van der Waals surface area contributed by atoms with Gasteiger partial charge in [0.25, 0.3) is 0 Å². The van der Waals surface area contributed by atoms with Crippen molar-refractivity contribution in [2.45, 2.75) is 82.9 Å². The zero-order valence-electron chi connectivity index (χ0n) is 21.5. The van der Waals surface area contributed by atoms with Gasteiger partial charge in [0.2, 0.25) is 0 Å². The number of benzene rings is 1. The maximum absolute atomic E-state index is 12.4. The Hall–Kier alpha value is -2.96. The fraction of sp³-hybridized carbons (Fsp3) is 0.577. The first-order chi connectivity index (χ1) is 17.6. The molecule has 0 spiro atoms. The van der Waals surface area contributed by atoms with Crippen molar-refractivity contribution in [2.24, 2.45) is 5.41 Å². The van der Waals surface area contributed by atoms with Crippen LogP contribution in [-0.4, -0.2) is 96.5 Å². The summed E-state index contributed by atoms with van der Waals surface area (Å²) in [5.41, 5.74) is 1.21. The van der Waals surface area contributed by atoms with Crippen LogP contribution < -0.4 is 0 Å². The molecule has 1 aliphatic heterocycles. The maximum Gasteiger partial charge on any atom is 0.338 e. The number of esters is 1. The molecule has 0 unspecified atom stereocenters. The highest BCUT2D eigenvalue weighted by atomic mass is 16.7. The molecule has 0 aromatic heterocycles. The molecule has 7 N–H and O–H groups in total. The molecule has 210 valence electrons. The van der Waals surface area contributed by atoms with E-state index in [2.05, 4.69) is 5.73 Å². The smallest absolute Gasteiger partial charge is 0.338 e. The first-order valence-electron chi connectivity index (χ1n) is 12.0. The van der Waals surface area contributed by atoms with Crippen LogP contribution in [0, 0.1) is 5.41 Å². The van der Waals surface area contributed by atoms with Crippen LogP contribution in [0.15, 0.2) is 29.5 Å². The highest BCUT2D eigenvalue weighted by molar-refractivity contribution is 5.91. The number of aliphatic hydroxyl groups is 4. The van der Waals surface area contributed by atoms with Crippen molar-refractivity contribution in [3.8, 4) is 17.2 Å². The Morgan fingerprint density at radius 3 is 2.21 bits per heavy atom. The number of ketones is 1. The van der Waals surface area contributed by atoms with Crippen LogP contribution in [0.3, 0.4) is 0 Å². The average Bonchev–Trinajstić information content (AvgIpc) is 2.80. The Kier molecular flexibility index (Phi) is 8.59. The number of rotatable bonds is 6. The standard InChI is InChI=1S/C26H34O12/c1-12(27)5-6-18-25(2,3)9-14(28)10-26(18,4)38-24-22(34)21(33)20(32)17(37-24)11-36-23(35)13-7-15(29)19(31)16(30)8-13/h5,7-8,14,17,20-22,24,28-34H,9-11H2,1-4H3/t6?,14-,17+,20+,21-,22+,24-,26+/m0/s1. The van der Waals surface area contributed by atoms with Crippen LogP contribution in [0.1, 0.15) is 50.9 Å². The molecule has 12 nitrogen and oxygen atoms in total. The molecule has 2 fully saturated rings. The molecule has 1 saturated heterocycles. The minimum atomic E-state index is -1.76. The number of hydrogen-bond donors (Lipinski definition) is 7. The van der Waals surface area contributed by atoms with Crippen LogP contribution in [-0.2, 0) is 19.0 Å². The number of ether oxygens (including phenoxy) is 3. The van der Waals surface area contributed by atoms with E-state index in [1.807, 2.05) is 13.8 Å². The molecule has 1 saturated carbocycles. The number of phenols is 3. The molecule has 1 aromatic rings. The van der Waals surface area contributed by atoms with Gasteiger partial charge in [-0.3, -0.25) is 4.79 Å². The first-order valence-corrected chi connectivity index (χ1v) is 12.0. The van der Waals surface area contributed by atoms with E-state index in [0.717, 1.165) is 12.1 Å². The van der Waals surface area contributed by atoms with Crippen molar-refractivity contribution >= 4 is 11.8 Å². The minimum absolute atomic E-state index is 0.0588. The van der Waals surface area contributed by atoms with Gasteiger partial charge in [0, 0.05) is 18.1 Å². The third kappa shape index (κ3) is 6.19. The SMILES string of the molecule is CC(=O)C=C=C1C(C)(C)C[C@H](O)C[C@@]1(C)O[C@@H]1O[C@H](COC(=O)c2cc(O)c(O)c(O)c2)[C@@H](O)[C@H](O)[C@H]1O. The van der Waals surface area contributed by atoms with E-state index in [-0.39, 0.29) is 17.8 Å². The normalized spacial score (nSPS) is 32.8. The molecule has 7 atom stereocenters. The van der Waals surface area contributed by atoms with Gasteiger partial charge in [-0.05, 0) is 37.8 Å². The number of hydrogen-bond acceptors (Lipinski definition) is 12.